The summed E-state index contributed by atoms with van der Waals surface area (Å²) in [5, 5.41) is 0.978. The van der Waals surface area contributed by atoms with Crippen molar-refractivity contribution in [2.24, 2.45) is 5.73 Å². The predicted octanol–water partition coefficient (Wildman–Crippen LogP) is 4.76. The van der Waals surface area contributed by atoms with Gasteiger partial charge in [-0.25, -0.2) is 0 Å². The molecule has 0 radical (unpaired) electrons. The van der Waals surface area contributed by atoms with Crippen LogP contribution in [0.25, 0.3) is 0 Å². The topological polar surface area (TPSA) is 48.1 Å². The minimum Gasteiger partial charge on any atom is -0.391 e. The van der Waals surface area contributed by atoms with Gasteiger partial charge in [-0.3, -0.25) is 4.98 Å². The maximum atomic E-state index is 14.5. The van der Waals surface area contributed by atoms with Crippen LogP contribution in [0.4, 0.5) is 13.2 Å². The molecule has 1 unspecified atom stereocenters. The van der Waals surface area contributed by atoms with Crippen LogP contribution in [0.15, 0.2) is 78.9 Å². The lowest BCUT2D eigenvalue weighted by Crippen LogP contribution is -2.67. The molecule has 0 bridgehead atoms. The third-order valence-corrected chi connectivity index (χ3v) is 10.5. The number of pyridine rings is 1. The van der Waals surface area contributed by atoms with Crippen molar-refractivity contribution in [3.63, 3.8) is 0 Å². The van der Waals surface area contributed by atoms with E-state index in [1.54, 1.807) is 12.1 Å². The first-order valence-electron chi connectivity index (χ1n) is 10.6. The summed E-state index contributed by atoms with van der Waals surface area (Å²) >= 11 is 0. The number of aromatic nitrogens is 1. The van der Waals surface area contributed by atoms with E-state index in [0.717, 1.165) is 10.4 Å². The SMILES string of the molecule is CC(C)(C)[Si](OC(c1cccc(CCN)n1)C(F)(F)F)(c1ccccc1)c1ccccc1. The zero-order valence-corrected chi connectivity index (χ0v) is 19.6. The molecule has 7 heteroatoms. The number of halogens is 3. The van der Waals surface area contributed by atoms with E-state index in [0.29, 0.717) is 18.7 Å². The van der Waals surface area contributed by atoms with Gasteiger partial charge in [0.05, 0.1) is 5.69 Å². The minimum absolute atomic E-state index is 0.142. The van der Waals surface area contributed by atoms with Crippen LogP contribution in [-0.4, -0.2) is 26.0 Å². The van der Waals surface area contributed by atoms with E-state index in [2.05, 4.69) is 4.98 Å². The Kier molecular flexibility index (Phi) is 7.22. The average Bonchev–Trinajstić information content (AvgIpc) is 2.74. The molecule has 0 aliphatic carbocycles. The van der Waals surface area contributed by atoms with Crippen molar-refractivity contribution in [2.45, 2.75) is 44.5 Å². The van der Waals surface area contributed by atoms with E-state index in [4.69, 9.17) is 10.2 Å². The third kappa shape index (κ3) is 4.95. The maximum absolute atomic E-state index is 14.5. The van der Waals surface area contributed by atoms with Crippen LogP contribution in [0.5, 0.6) is 0 Å². The largest absolute Gasteiger partial charge is 0.419 e. The molecule has 2 aromatic carbocycles. The fourth-order valence-corrected chi connectivity index (χ4v) is 8.72. The number of hydrogen-bond donors (Lipinski definition) is 1. The van der Waals surface area contributed by atoms with Gasteiger partial charge in [-0.05, 0) is 34.1 Å². The smallest absolute Gasteiger partial charge is 0.391 e. The van der Waals surface area contributed by atoms with Crippen molar-refractivity contribution in [1.29, 1.82) is 0 Å². The van der Waals surface area contributed by atoms with Gasteiger partial charge >= 0.3 is 6.18 Å². The molecule has 3 rings (SSSR count). The van der Waals surface area contributed by atoms with Crippen LogP contribution in [0.3, 0.4) is 0 Å². The lowest BCUT2D eigenvalue weighted by atomic mass is 10.2. The number of alkyl halides is 3. The second-order valence-electron chi connectivity index (χ2n) is 8.80. The van der Waals surface area contributed by atoms with E-state index in [-0.39, 0.29) is 5.69 Å². The summed E-state index contributed by atoms with van der Waals surface area (Å²) in [6.07, 6.45) is -6.40. The molecule has 3 aromatic rings. The minimum atomic E-state index is -4.64. The molecule has 32 heavy (non-hydrogen) atoms. The molecular formula is C25H29F3N2OSi. The summed E-state index contributed by atoms with van der Waals surface area (Å²) < 4.78 is 49.9. The van der Waals surface area contributed by atoms with Crippen molar-refractivity contribution in [1.82, 2.24) is 4.98 Å². The molecule has 0 saturated heterocycles. The molecule has 2 N–H and O–H groups in total. The zero-order valence-electron chi connectivity index (χ0n) is 18.6. The number of rotatable bonds is 7. The van der Waals surface area contributed by atoms with Gasteiger partial charge in [0.2, 0.25) is 0 Å². The van der Waals surface area contributed by atoms with Gasteiger partial charge < -0.3 is 10.2 Å². The van der Waals surface area contributed by atoms with Crippen molar-refractivity contribution in [3.05, 3.63) is 90.3 Å². The highest BCUT2D eigenvalue weighted by Gasteiger charge is 2.56. The van der Waals surface area contributed by atoms with Crippen LogP contribution < -0.4 is 16.1 Å². The van der Waals surface area contributed by atoms with Crippen LogP contribution in [0, 0.1) is 0 Å². The second kappa shape index (κ2) is 9.56. The van der Waals surface area contributed by atoms with Crippen molar-refractivity contribution >= 4 is 18.7 Å². The Balaban J connectivity index is 2.25. The Labute approximate surface area is 188 Å². The summed E-state index contributed by atoms with van der Waals surface area (Å²) in [4.78, 5) is 4.28. The molecule has 0 saturated carbocycles. The molecule has 0 fully saturated rings. The Morgan fingerprint density at radius 1 is 0.844 bits per heavy atom. The Morgan fingerprint density at radius 2 is 1.38 bits per heavy atom. The Morgan fingerprint density at radius 3 is 1.81 bits per heavy atom. The van der Waals surface area contributed by atoms with Crippen LogP contribution in [-0.2, 0) is 10.8 Å². The molecule has 3 nitrogen and oxygen atoms in total. The summed E-state index contributed by atoms with van der Waals surface area (Å²) in [5.41, 5.74) is 5.97. The lowest BCUT2D eigenvalue weighted by molar-refractivity contribution is -0.201. The first-order valence-corrected chi connectivity index (χ1v) is 12.5. The molecule has 0 amide bonds. The molecular weight excluding hydrogens is 429 g/mol. The zero-order chi connectivity index (χ0) is 23.4. The second-order valence-corrected chi connectivity index (χ2v) is 13.0. The van der Waals surface area contributed by atoms with Crippen LogP contribution in [0.1, 0.15) is 38.3 Å². The summed E-state index contributed by atoms with van der Waals surface area (Å²) in [5.74, 6) is 0. The summed E-state index contributed by atoms with van der Waals surface area (Å²) in [6, 6.07) is 23.2. The first kappa shape index (κ1) is 24.2. The van der Waals surface area contributed by atoms with Gasteiger partial charge in [-0.15, -0.1) is 0 Å². The molecule has 0 aliphatic heterocycles. The quantitative estimate of drug-likeness (QED) is 0.519. The van der Waals surface area contributed by atoms with Crippen LogP contribution in [0.2, 0.25) is 5.04 Å². The summed E-state index contributed by atoms with van der Waals surface area (Å²) in [7, 11) is -3.43. The van der Waals surface area contributed by atoms with E-state index in [1.165, 1.54) is 6.07 Å². The van der Waals surface area contributed by atoms with Crippen molar-refractivity contribution in [2.75, 3.05) is 6.54 Å². The Bertz CT molecular complexity index is 965. The van der Waals surface area contributed by atoms with E-state index in [1.807, 2.05) is 81.4 Å². The van der Waals surface area contributed by atoms with E-state index < -0.39 is 25.6 Å². The van der Waals surface area contributed by atoms with Gasteiger partial charge in [0.25, 0.3) is 8.32 Å². The monoisotopic (exact) mass is 458 g/mol. The average molecular weight is 459 g/mol. The van der Waals surface area contributed by atoms with Crippen molar-refractivity contribution < 1.29 is 17.6 Å². The first-order chi connectivity index (χ1) is 15.1. The standard InChI is InChI=1S/C25H29F3N2OSi/c1-24(2,3)32(20-12-6-4-7-13-20,21-14-8-5-9-15-21)31-23(25(26,27)28)22-16-10-11-19(30-22)17-18-29/h4-16,23H,17-18,29H2,1-3H3. The highest BCUT2D eigenvalue weighted by Crippen LogP contribution is 2.44. The molecule has 0 aliphatic rings. The number of nitrogens with two attached hydrogens (primary N) is 1. The molecule has 1 aromatic heterocycles. The van der Waals surface area contributed by atoms with E-state index >= 15 is 0 Å². The third-order valence-electron chi connectivity index (χ3n) is 5.51. The maximum Gasteiger partial charge on any atom is 0.419 e. The van der Waals surface area contributed by atoms with Crippen molar-refractivity contribution in [3.8, 4) is 0 Å². The highest BCUT2D eigenvalue weighted by atomic mass is 28.4. The van der Waals surface area contributed by atoms with Gasteiger partial charge in [0, 0.05) is 12.1 Å². The summed E-state index contributed by atoms with van der Waals surface area (Å²) in [6.45, 7) is 6.16. The predicted molar refractivity (Wildman–Crippen MR) is 124 cm³/mol. The van der Waals surface area contributed by atoms with Gasteiger partial charge in [-0.2, -0.15) is 13.2 Å². The van der Waals surface area contributed by atoms with Gasteiger partial charge in [-0.1, -0.05) is 87.5 Å². The fourth-order valence-electron chi connectivity index (χ4n) is 4.09. The lowest BCUT2D eigenvalue weighted by Gasteiger charge is -2.45. The van der Waals surface area contributed by atoms with Gasteiger partial charge in [0.1, 0.15) is 0 Å². The number of nitrogens with zero attached hydrogens (tertiary/aromatic N) is 1. The fraction of sp³-hybridized carbons (Fsp3) is 0.320. The number of benzene rings is 2. The van der Waals surface area contributed by atoms with Gasteiger partial charge in [0.15, 0.2) is 6.10 Å². The molecule has 1 atom stereocenters. The normalized spacial score (nSPS) is 13.7. The Hall–Kier alpha value is -2.48. The number of hydrogen-bond acceptors (Lipinski definition) is 3. The molecule has 0 spiro atoms. The van der Waals surface area contributed by atoms with E-state index in [9.17, 15) is 13.2 Å². The molecule has 170 valence electrons. The molecule has 1 heterocycles. The van der Waals surface area contributed by atoms with Crippen LogP contribution >= 0.6 is 0 Å². The highest BCUT2D eigenvalue weighted by molar-refractivity contribution is 6.99.